The van der Waals surface area contributed by atoms with Crippen molar-refractivity contribution < 1.29 is 19.4 Å². The number of ketones is 1. The molecule has 0 aromatic rings. The normalized spacial score (nSPS) is 43.2. The van der Waals surface area contributed by atoms with Crippen LogP contribution < -0.4 is 0 Å². The number of hydrogen-bond acceptors (Lipinski definition) is 3. The zero-order chi connectivity index (χ0) is 7.35. The van der Waals surface area contributed by atoms with Gasteiger partial charge in [-0.05, 0) is 0 Å². The molecule has 1 saturated heterocycles. The molecule has 0 spiro atoms. The fourth-order valence-electron chi connectivity index (χ4n) is 1.38. The molecule has 4 heteroatoms. The number of rotatable bonds is 1. The van der Waals surface area contributed by atoms with E-state index in [4.69, 9.17) is 9.84 Å². The minimum atomic E-state index is -1.10. The van der Waals surface area contributed by atoms with E-state index in [9.17, 15) is 9.59 Å². The second kappa shape index (κ2) is 1.40. The maximum atomic E-state index is 10.7. The predicted octanol–water partition coefficient (Wildman–Crippen LogP) is -0.571. The number of carbonyl (C=O) groups is 2. The van der Waals surface area contributed by atoms with E-state index in [1.54, 1.807) is 0 Å². The third kappa shape index (κ3) is 0.455. The Morgan fingerprint density at radius 2 is 2.50 bits per heavy atom. The summed E-state index contributed by atoms with van der Waals surface area (Å²) in [5.41, 5.74) is -1.10. The summed E-state index contributed by atoms with van der Waals surface area (Å²) in [6.45, 7) is -0.0169. The van der Waals surface area contributed by atoms with Gasteiger partial charge in [-0.1, -0.05) is 0 Å². The molecule has 2 unspecified atom stereocenters. The lowest BCUT2D eigenvalue weighted by molar-refractivity contribution is -0.151. The highest BCUT2D eigenvalue weighted by molar-refractivity contribution is 5.99. The van der Waals surface area contributed by atoms with Crippen LogP contribution in [0.2, 0.25) is 0 Å². The van der Waals surface area contributed by atoms with Crippen LogP contribution in [0.4, 0.5) is 0 Å². The maximum Gasteiger partial charge on any atom is 0.336 e. The lowest BCUT2D eigenvalue weighted by atomic mass is 10.2. The van der Waals surface area contributed by atoms with Crippen LogP contribution in [0.3, 0.4) is 0 Å². The first-order valence-electron chi connectivity index (χ1n) is 3.07. The molecule has 2 fully saturated rings. The van der Waals surface area contributed by atoms with Crippen molar-refractivity contribution in [1.29, 1.82) is 0 Å². The van der Waals surface area contributed by atoms with Gasteiger partial charge in [0.05, 0.1) is 5.92 Å². The number of carboxylic acids is 1. The number of aliphatic carboxylic acids is 1. The second-order valence-corrected chi connectivity index (χ2v) is 2.71. The van der Waals surface area contributed by atoms with E-state index >= 15 is 0 Å². The number of ether oxygens (including phenoxy) is 1. The summed E-state index contributed by atoms with van der Waals surface area (Å²) in [6, 6.07) is 0. The molecule has 1 aliphatic heterocycles. The fraction of sp³-hybridized carbons (Fsp3) is 0.667. The molecule has 54 valence electrons. The molecule has 2 aliphatic rings. The van der Waals surface area contributed by atoms with Gasteiger partial charge in [-0.15, -0.1) is 0 Å². The zero-order valence-corrected chi connectivity index (χ0v) is 5.16. The molecule has 10 heavy (non-hydrogen) atoms. The Bertz CT molecular complexity index is 222. The minimum Gasteiger partial charge on any atom is -0.479 e. The summed E-state index contributed by atoms with van der Waals surface area (Å²) in [6.07, 6.45) is 0.376. The Labute approximate surface area is 56.8 Å². The number of Topliss-reactive ketones (excluding diaryl/α,β-unsaturated/α-hetero) is 1. The van der Waals surface area contributed by atoms with Crippen molar-refractivity contribution in [2.75, 3.05) is 6.61 Å². The van der Waals surface area contributed by atoms with E-state index in [1.807, 2.05) is 0 Å². The van der Waals surface area contributed by atoms with Crippen LogP contribution in [0.25, 0.3) is 0 Å². The molecule has 0 radical (unpaired) electrons. The lowest BCUT2D eigenvalue weighted by Crippen LogP contribution is -2.24. The van der Waals surface area contributed by atoms with Crippen molar-refractivity contribution >= 4 is 11.8 Å². The van der Waals surface area contributed by atoms with Crippen molar-refractivity contribution in [2.24, 2.45) is 5.92 Å². The van der Waals surface area contributed by atoms with Crippen molar-refractivity contribution in [3.8, 4) is 0 Å². The molecular formula is C6H6O4. The lowest BCUT2D eigenvalue weighted by Gasteiger charge is -2.02. The van der Waals surface area contributed by atoms with E-state index in [1.165, 1.54) is 0 Å². The predicted molar refractivity (Wildman–Crippen MR) is 29.4 cm³/mol. The summed E-state index contributed by atoms with van der Waals surface area (Å²) in [7, 11) is 0. The first-order valence-corrected chi connectivity index (χ1v) is 3.07. The summed E-state index contributed by atoms with van der Waals surface area (Å²) < 4.78 is 4.84. The maximum absolute atomic E-state index is 10.7. The molecule has 1 aliphatic carbocycles. The molecule has 0 amide bonds. The van der Waals surface area contributed by atoms with Crippen LogP contribution in [0.15, 0.2) is 0 Å². The SMILES string of the molecule is O=C1COC2(C(=O)O)CC12. The molecule has 2 rings (SSSR count). The molecule has 4 nitrogen and oxygen atoms in total. The van der Waals surface area contributed by atoms with Gasteiger partial charge in [-0.2, -0.15) is 0 Å². The molecule has 1 heterocycles. The van der Waals surface area contributed by atoms with Gasteiger partial charge in [0.2, 0.25) is 0 Å². The highest BCUT2D eigenvalue weighted by Crippen LogP contribution is 2.51. The molecule has 0 bridgehead atoms. The monoisotopic (exact) mass is 142 g/mol. The van der Waals surface area contributed by atoms with Crippen LogP contribution in [0, 0.1) is 5.92 Å². The van der Waals surface area contributed by atoms with Crippen LogP contribution in [-0.4, -0.2) is 29.1 Å². The standard InChI is InChI=1S/C6H6O4/c7-4-2-10-6(5(8)9)1-3(4)6/h3H,1-2H2,(H,8,9). The van der Waals surface area contributed by atoms with Crippen LogP contribution in [0.1, 0.15) is 6.42 Å². The molecule has 2 atom stereocenters. The van der Waals surface area contributed by atoms with Gasteiger partial charge < -0.3 is 9.84 Å². The van der Waals surface area contributed by atoms with Gasteiger partial charge in [0.25, 0.3) is 0 Å². The number of fused-ring (bicyclic) bond motifs is 1. The third-order valence-corrected chi connectivity index (χ3v) is 2.13. The Kier molecular flexibility index (Phi) is 0.817. The van der Waals surface area contributed by atoms with Crippen molar-refractivity contribution in [1.82, 2.24) is 0 Å². The topological polar surface area (TPSA) is 63.6 Å². The van der Waals surface area contributed by atoms with Gasteiger partial charge in [-0.3, -0.25) is 4.79 Å². The summed E-state index contributed by atoms with van der Waals surface area (Å²) in [5.74, 6) is -1.41. The van der Waals surface area contributed by atoms with Gasteiger partial charge in [0.1, 0.15) is 6.61 Å². The first-order chi connectivity index (χ1) is 4.67. The molecule has 1 N–H and O–H groups in total. The van der Waals surface area contributed by atoms with E-state index in [0.29, 0.717) is 6.42 Å². The summed E-state index contributed by atoms with van der Waals surface area (Å²) in [4.78, 5) is 21.2. The number of carboxylic acid groups (broad SMARTS) is 1. The number of hydrogen-bond donors (Lipinski definition) is 1. The van der Waals surface area contributed by atoms with Crippen molar-refractivity contribution in [3.63, 3.8) is 0 Å². The fourth-order valence-corrected chi connectivity index (χ4v) is 1.38. The highest BCUT2D eigenvalue weighted by Gasteiger charge is 2.69. The summed E-state index contributed by atoms with van der Waals surface area (Å²) >= 11 is 0. The highest BCUT2D eigenvalue weighted by atomic mass is 16.5. The van der Waals surface area contributed by atoms with Crippen LogP contribution in [-0.2, 0) is 14.3 Å². The van der Waals surface area contributed by atoms with Gasteiger partial charge in [-0.25, -0.2) is 4.79 Å². The second-order valence-electron chi connectivity index (χ2n) is 2.71. The van der Waals surface area contributed by atoms with Crippen molar-refractivity contribution in [3.05, 3.63) is 0 Å². The third-order valence-electron chi connectivity index (χ3n) is 2.13. The Hall–Kier alpha value is -0.900. The van der Waals surface area contributed by atoms with E-state index < -0.39 is 11.6 Å². The average molecular weight is 142 g/mol. The molecule has 1 saturated carbocycles. The smallest absolute Gasteiger partial charge is 0.336 e. The Balaban J connectivity index is 2.25. The average Bonchev–Trinajstić information content (AvgIpc) is 2.52. The van der Waals surface area contributed by atoms with E-state index in [0.717, 1.165) is 0 Å². The van der Waals surface area contributed by atoms with Crippen LogP contribution in [0.5, 0.6) is 0 Å². The largest absolute Gasteiger partial charge is 0.479 e. The zero-order valence-electron chi connectivity index (χ0n) is 5.16. The van der Waals surface area contributed by atoms with Gasteiger partial charge in [0.15, 0.2) is 11.4 Å². The molecule has 0 aromatic carbocycles. The van der Waals surface area contributed by atoms with E-state index in [2.05, 4.69) is 0 Å². The van der Waals surface area contributed by atoms with Crippen molar-refractivity contribution in [2.45, 2.75) is 12.0 Å². The van der Waals surface area contributed by atoms with Gasteiger partial charge >= 0.3 is 5.97 Å². The number of carbonyl (C=O) groups excluding carboxylic acids is 1. The quantitative estimate of drug-likeness (QED) is 0.532. The van der Waals surface area contributed by atoms with Gasteiger partial charge in [0, 0.05) is 6.42 Å². The first kappa shape index (κ1) is 5.85. The van der Waals surface area contributed by atoms with E-state index in [-0.39, 0.29) is 18.3 Å². The molecule has 0 aromatic heterocycles. The summed E-state index contributed by atoms with van der Waals surface area (Å²) in [5, 5.41) is 8.55. The Morgan fingerprint density at radius 3 is 2.70 bits per heavy atom. The molecular weight excluding hydrogens is 136 g/mol. The Morgan fingerprint density at radius 1 is 1.80 bits per heavy atom. The minimum absolute atomic E-state index is 0.0169. The van der Waals surface area contributed by atoms with Crippen LogP contribution >= 0.6 is 0 Å².